The van der Waals surface area contributed by atoms with Gasteiger partial charge in [0.2, 0.25) is 0 Å². The molecule has 0 atom stereocenters. The van der Waals surface area contributed by atoms with Gasteiger partial charge >= 0.3 is 17.1 Å². The van der Waals surface area contributed by atoms with Gasteiger partial charge < -0.3 is 89.2 Å². The number of rotatable bonds is 6. The monoisotopic (exact) mass is 499 g/mol. The molecular weight excluding hydrogens is 470 g/mol. The van der Waals surface area contributed by atoms with Crippen molar-refractivity contribution in [3.05, 3.63) is 0 Å². The Kier molecular flexibility index (Phi) is 30.6. The zero-order valence-electron chi connectivity index (χ0n) is 15.9. The fraction of sp³-hybridized carbons (Fsp3) is 0.800. The predicted molar refractivity (Wildman–Crippen MR) is 129 cm³/mol. The molecule has 0 saturated carbocycles. The smallest absolute Gasteiger partial charge is 0.411 e. The summed E-state index contributed by atoms with van der Waals surface area (Å²) in [6, 6.07) is 0. The summed E-state index contributed by atoms with van der Waals surface area (Å²) in [6.07, 6.45) is 0. The molecule has 0 fully saturated rings. The summed E-state index contributed by atoms with van der Waals surface area (Å²) in [5.41, 5.74) is 0. The second-order valence-corrected chi connectivity index (χ2v) is 7.41. The summed E-state index contributed by atoms with van der Waals surface area (Å²) >= 11 is 28.5. The molecule has 0 aliphatic heterocycles. The van der Waals surface area contributed by atoms with E-state index in [-0.39, 0.29) is 17.1 Å². The first kappa shape index (κ1) is 33.4. The molecule has 0 aromatic heterocycles. The molecule has 25 heavy (non-hydrogen) atoms. The van der Waals surface area contributed by atoms with Gasteiger partial charge in [-0.2, -0.15) is 0 Å². The van der Waals surface area contributed by atoms with E-state index in [0.717, 1.165) is 39.3 Å². The molecule has 0 aromatic carbocycles. The van der Waals surface area contributed by atoms with Crippen LogP contribution in [0.3, 0.4) is 0 Å². The van der Waals surface area contributed by atoms with Crippen LogP contribution in [0.1, 0.15) is 41.5 Å². The second kappa shape index (κ2) is 22.9. The van der Waals surface area contributed by atoms with Crippen LogP contribution in [0.5, 0.6) is 0 Å². The first-order valence-corrected chi connectivity index (χ1v) is 10.5. The Morgan fingerprint density at radius 2 is 0.640 bits per heavy atom. The average Bonchev–Trinajstić information content (AvgIpc) is 2.51. The van der Waals surface area contributed by atoms with Crippen LogP contribution in [0.4, 0.5) is 0 Å². The van der Waals surface area contributed by atoms with Crippen LogP contribution in [-0.2, 0) is 55.0 Å². The quantitative estimate of drug-likeness (QED) is 0.306. The Balaban J connectivity index is -0.000000130. The minimum atomic E-state index is 0. The maximum absolute atomic E-state index is 4.76. The molecule has 148 valence electrons. The van der Waals surface area contributed by atoms with E-state index >= 15 is 0 Å². The van der Waals surface area contributed by atoms with Gasteiger partial charge in [-0.1, -0.05) is 13.0 Å². The zero-order chi connectivity index (χ0) is 19.7. The first-order chi connectivity index (χ1) is 11.2. The predicted octanol–water partition coefficient (Wildman–Crippen LogP) is 3.48. The second-order valence-electron chi connectivity index (χ2n) is 4.31. The largest absolute Gasteiger partial charge is 3.00 e. The van der Waals surface area contributed by atoms with Gasteiger partial charge in [0.1, 0.15) is 0 Å². The van der Waals surface area contributed by atoms with E-state index < -0.39 is 0 Å². The Bertz CT molecular complexity index is 294. The van der Waals surface area contributed by atoms with Crippen molar-refractivity contribution in [2.75, 3.05) is 39.3 Å². The summed E-state index contributed by atoms with van der Waals surface area (Å²) in [5.74, 6) is 0. The van der Waals surface area contributed by atoms with E-state index in [0.29, 0.717) is 13.0 Å². The van der Waals surface area contributed by atoms with Gasteiger partial charge in [-0.25, -0.2) is 0 Å². The first-order valence-electron chi connectivity index (χ1n) is 8.04. The van der Waals surface area contributed by atoms with Crippen LogP contribution in [0.15, 0.2) is 0 Å². The van der Waals surface area contributed by atoms with Gasteiger partial charge in [-0.3, -0.25) is 0 Å². The zero-order valence-corrected chi connectivity index (χ0v) is 22.0. The molecule has 0 radical (unpaired) electrons. The van der Waals surface area contributed by atoms with E-state index in [1.165, 1.54) is 0 Å². The number of nitrogens with zero attached hydrogens (tertiary/aromatic N) is 3. The molecule has 0 aromatic rings. The van der Waals surface area contributed by atoms with Crippen molar-refractivity contribution < 1.29 is 17.1 Å². The van der Waals surface area contributed by atoms with Crippen molar-refractivity contribution >= 4 is 87.5 Å². The Hall–Kier alpha value is 0.849. The van der Waals surface area contributed by atoms with Gasteiger partial charge in [-0.05, 0) is 41.5 Å². The summed E-state index contributed by atoms with van der Waals surface area (Å²) in [4.78, 5) is 5.89. The van der Waals surface area contributed by atoms with E-state index in [1.807, 2.05) is 56.2 Å². The normalized spacial score (nSPS) is 8.40. The van der Waals surface area contributed by atoms with Crippen molar-refractivity contribution in [2.24, 2.45) is 0 Å². The summed E-state index contributed by atoms with van der Waals surface area (Å²) in [5, 5.41) is 0. The van der Waals surface area contributed by atoms with Crippen LogP contribution in [0.2, 0.25) is 0 Å². The third-order valence-electron chi connectivity index (χ3n) is 3.06. The Morgan fingerprint density at radius 3 is 0.640 bits per heavy atom. The maximum atomic E-state index is 4.76. The fourth-order valence-corrected chi connectivity index (χ4v) is 2.99. The minimum Gasteiger partial charge on any atom is -0.411 e. The van der Waals surface area contributed by atoms with Crippen molar-refractivity contribution in [3.63, 3.8) is 0 Å². The summed E-state index contributed by atoms with van der Waals surface area (Å²) in [6.45, 7) is 17.8. The SMILES string of the molecule is CCN(CC)C(=S)[S-].CCN(CC)C(=S)[S-].CCN(CC)C(=S)[S-].[Mn+3]. The molecule has 0 saturated heterocycles. The molecular formula is C15H30MnN3S6. The van der Waals surface area contributed by atoms with Crippen LogP contribution in [0.25, 0.3) is 0 Å². The molecule has 0 aliphatic rings. The maximum Gasteiger partial charge on any atom is 3.00 e. The summed E-state index contributed by atoms with van der Waals surface area (Å²) < 4.78 is 1.74. The Labute approximate surface area is 198 Å². The van der Waals surface area contributed by atoms with Gasteiger partial charge in [0.05, 0.1) is 0 Å². The molecule has 0 amide bonds. The van der Waals surface area contributed by atoms with Gasteiger partial charge in [0.25, 0.3) is 0 Å². The molecule has 0 aliphatic carbocycles. The van der Waals surface area contributed by atoms with E-state index in [4.69, 9.17) is 74.5 Å². The summed E-state index contributed by atoms with van der Waals surface area (Å²) in [7, 11) is 0. The third-order valence-corrected chi connectivity index (χ3v) is 4.61. The molecule has 0 spiro atoms. The molecule has 0 bridgehead atoms. The van der Waals surface area contributed by atoms with Crippen LogP contribution in [0, 0.1) is 0 Å². The molecule has 0 heterocycles. The van der Waals surface area contributed by atoms with Crippen molar-refractivity contribution in [1.29, 1.82) is 0 Å². The number of thiocarbonyl (C=S) groups is 3. The molecule has 0 rings (SSSR count). The van der Waals surface area contributed by atoms with E-state index in [1.54, 1.807) is 0 Å². The average molecular weight is 500 g/mol. The Morgan fingerprint density at radius 1 is 0.520 bits per heavy atom. The number of hydrogen-bond acceptors (Lipinski definition) is 6. The van der Waals surface area contributed by atoms with Crippen molar-refractivity contribution in [1.82, 2.24) is 14.7 Å². The third kappa shape index (κ3) is 21.0. The van der Waals surface area contributed by atoms with Crippen LogP contribution in [-0.4, -0.2) is 66.9 Å². The topological polar surface area (TPSA) is 9.72 Å². The standard InChI is InChI=1S/3C5H11NS2.Mn/c3*1-3-6(4-2)5(7)8;/h3*3-4H2,1-2H3,(H,7,8);/q;;;+3/p-3. The van der Waals surface area contributed by atoms with Crippen LogP contribution < -0.4 is 0 Å². The van der Waals surface area contributed by atoms with Crippen molar-refractivity contribution in [2.45, 2.75) is 41.5 Å². The molecule has 0 N–H and O–H groups in total. The molecule has 10 heteroatoms. The van der Waals surface area contributed by atoms with Gasteiger partial charge in [0.15, 0.2) is 0 Å². The van der Waals surface area contributed by atoms with Crippen LogP contribution >= 0.6 is 36.7 Å². The van der Waals surface area contributed by atoms with Gasteiger partial charge in [-0.15, -0.1) is 0 Å². The minimum absolute atomic E-state index is 0. The fourth-order valence-electron chi connectivity index (χ4n) is 1.45. The van der Waals surface area contributed by atoms with Crippen molar-refractivity contribution in [3.8, 4) is 0 Å². The molecule has 0 unspecified atom stereocenters. The molecule has 3 nitrogen and oxygen atoms in total. The van der Waals surface area contributed by atoms with Gasteiger partial charge in [0, 0.05) is 39.3 Å². The van der Waals surface area contributed by atoms with E-state index in [2.05, 4.69) is 0 Å². The number of hydrogen-bond donors (Lipinski definition) is 0. The van der Waals surface area contributed by atoms with E-state index in [9.17, 15) is 0 Å².